The van der Waals surface area contributed by atoms with Gasteiger partial charge in [0.05, 0.1) is 17.8 Å². The lowest BCUT2D eigenvalue weighted by atomic mass is 10.1. The van der Waals surface area contributed by atoms with Gasteiger partial charge in [-0.2, -0.15) is 0 Å². The third kappa shape index (κ3) is 2.80. The maximum Gasteiger partial charge on any atom is 0.232 e. The summed E-state index contributed by atoms with van der Waals surface area (Å²) in [5, 5.41) is 7.26. The van der Waals surface area contributed by atoms with Gasteiger partial charge in [0.15, 0.2) is 21.6 Å². The molecule has 0 fully saturated rings. The summed E-state index contributed by atoms with van der Waals surface area (Å²) >= 11 is 2.92. The number of carbonyl (C=O) groups is 1. The molecule has 9 heteroatoms. The molecule has 3 aromatic heterocycles. The Balaban J connectivity index is 1.29. The lowest BCUT2D eigenvalue weighted by molar-refractivity contribution is -0.115. The Morgan fingerprint density at radius 2 is 2.15 bits per heavy atom. The summed E-state index contributed by atoms with van der Waals surface area (Å²) in [4.78, 5) is 22.0. The van der Waals surface area contributed by atoms with Crippen molar-refractivity contribution < 1.29 is 14.3 Å². The molecule has 0 atom stereocenters. The van der Waals surface area contributed by atoms with Crippen LogP contribution in [0.2, 0.25) is 0 Å². The molecule has 26 heavy (non-hydrogen) atoms. The SMILES string of the molecule is O=C(Cc1cn2ccsc2n1)Nc1nc(-c2ccc3c(c2)OCO3)cs1. The number of fused-ring (bicyclic) bond motifs is 2. The standard InChI is InChI=1S/C17H12N4O3S2/c22-15(6-11-7-21-3-4-25-17(21)18-11)20-16-19-12(8-26-16)10-1-2-13-14(5-10)24-9-23-13/h1-5,7-8H,6,9H2,(H,19,20,22). The molecular weight excluding hydrogens is 372 g/mol. The van der Waals surface area contributed by atoms with Gasteiger partial charge >= 0.3 is 0 Å². The third-order valence-corrected chi connectivity index (χ3v) is 5.43. The highest BCUT2D eigenvalue weighted by atomic mass is 32.1. The van der Waals surface area contributed by atoms with Crippen LogP contribution >= 0.6 is 22.7 Å². The van der Waals surface area contributed by atoms with Crippen molar-refractivity contribution in [3.05, 3.63) is 47.0 Å². The van der Waals surface area contributed by atoms with Crippen molar-refractivity contribution in [2.45, 2.75) is 6.42 Å². The zero-order chi connectivity index (χ0) is 17.5. The first kappa shape index (κ1) is 15.4. The molecular formula is C17H12N4O3S2. The van der Waals surface area contributed by atoms with Gasteiger partial charge < -0.3 is 14.8 Å². The molecule has 4 heterocycles. The molecule has 4 aromatic rings. The summed E-state index contributed by atoms with van der Waals surface area (Å²) in [6, 6.07) is 5.67. The second kappa shape index (κ2) is 6.11. The number of aromatic nitrogens is 3. The summed E-state index contributed by atoms with van der Waals surface area (Å²) < 4.78 is 12.6. The van der Waals surface area contributed by atoms with E-state index >= 15 is 0 Å². The number of anilines is 1. The molecule has 0 spiro atoms. The first-order valence-corrected chi connectivity index (χ1v) is 9.57. The van der Waals surface area contributed by atoms with Gasteiger partial charge in [0.1, 0.15) is 0 Å². The fourth-order valence-electron chi connectivity index (χ4n) is 2.71. The molecule has 1 aromatic carbocycles. The Hall–Kier alpha value is -2.91. The summed E-state index contributed by atoms with van der Waals surface area (Å²) in [5.41, 5.74) is 2.44. The third-order valence-electron chi connectivity index (χ3n) is 3.90. The molecule has 0 aliphatic carbocycles. The van der Waals surface area contributed by atoms with Crippen molar-refractivity contribution in [2.75, 3.05) is 12.1 Å². The molecule has 1 aliphatic heterocycles. The van der Waals surface area contributed by atoms with Crippen molar-refractivity contribution in [1.29, 1.82) is 0 Å². The number of ether oxygens (including phenoxy) is 2. The predicted octanol–water partition coefficient (Wildman–Crippen LogP) is 3.43. The molecule has 130 valence electrons. The maximum atomic E-state index is 12.3. The van der Waals surface area contributed by atoms with E-state index in [1.807, 2.05) is 45.8 Å². The van der Waals surface area contributed by atoms with E-state index < -0.39 is 0 Å². The molecule has 0 bridgehead atoms. The first-order valence-electron chi connectivity index (χ1n) is 7.81. The van der Waals surface area contributed by atoms with E-state index in [-0.39, 0.29) is 19.1 Å². The van der Waals surface area contributed by atoms with Crippen LogP contribution in [0.5, 0.6) is 11.5 Å². The van der Waals surface area contributed by atoms with Gasteiger partial charge in [-0.15, -0.1) is 22.7 Å². The van der Waals surface area contributed by atoms with Crippen LogP contribution in [-0.4, -0.2) is 27.1 Å². The second-order valence-corrected chi connectivity index (χ2v) is 7.39. The number of benzene rings is 1. The lowest BCUT2D eigenvalue weighted by Crippen LogP contribution is -2.14. The number of thiazole rings is 2. The van der Waals surface area contributed by atoms with Crippen LogP contribution in [0.15, 0.2) is 41.4 Å². The maximum absolute atomic E-state index is 12.3. The van der Waals surface area contributed by atoms with E-state index in [4.69, 9.17) is 9.47 Å². The zero-order valence-corrected chi connectivity index (χ0v) is 15.0. The molecule has 7 nitrogen and oxygen atoms in total. The fraction of sp³-hybridized carbons (Fsp3) is 0.118. The number of amides is 1. The molecule has 1 amide bonds. The van der Waals surface area contributed by atoms with Crippen molar-refractivity contribution >= 4 is 38.7 Å². The number of nitrogens with zero attached hydrogens (tertiary/aromatic N) is 3. The Labute approximate surface area is 155 Å². The quantitative estimate of drug-likeness (QED) is 0.583. The van der Waals surface area contributed by atoms with Gasteiger partial charge in [0.25, 0.3) is 0 Å². The van der Waals surface area contributed by atoms with Gasteiger partial charge in [-0.05, 0) is 18.2 Å². The van der Waals surface area contributed by atoms with Gasteiger partial charge in [-0.3, -0.25) is 9.20 Å². The molecule has 0 radical (unpaired) electrons. The second-order valence-electron chi connectivity index (χ2n) is 5.66. The summed E-state index contributed by atoms with van der Waals surface area (Å²) in [6.07, 6.45) is 4.01. The number of imidazole rings is 1. The minimum Gasteiger partial charge on any atom is -0.454 e. The van der Waals surface area contributed by atoms with Gasteiger partial charge in [0.2, 0.25) is 12.7 Å². The van der Waals surface area contributed by atoms with Crippen LogP contribution < -0.4 is 14.8 Å². The smallest absolute Gasteiger partial charge is 0.232 e. The summed E-state index contributed by atoms with van der Waals surface area (Å²) in [5.74, 6) is 1.31. The largest absolute Gasteiger partial charge is 0.454 e. The fourth-order valence-corrected chi connectivity index (χ4v) is 4.16. The van der Waals surface area contributed by atoms with E-state index in [1.165, 1.54) is 22.7 Å². The molecule has 1 N–H and O–H groups in total. The van der Waals surface area contributed by atoms with Gasteiger partial charge in [-0.1, -0.05) is 0 Å². The molecule has 0 saturated heterocycles. The molecule has 1 aliphatic rings. The van der Waals surface area contributed by atoms with Crippen LogP contribution in [0.4, 0.5) is 5.13 Å². The number of carbonyl (C=O) groups excluding carboxylic acids is 1. The molecule has 0 saturated carbocycles. The normalized spacial score (nSPS) is 12.6. The van der Waals surface area contributed by atoms with E-state index in [1.54, 1.807) is 0 Å². The van der Waals surface area contributed by atoms with Gasteiger partial charge in [-0.25, -0.2) is 9.97 Å². The lowest BCUT2D eigenvalue weighted by Gasteiger charge is -2.00. The highest BCUT2D eigenvalue weighted by molar-refractivity contribution is 7.15. The Bertz CT molecular complexity index is 1090. The predicted molar refractivity (Wildman–Crippen MR) is 99.1 cm³/mol. The number of nitrogens with one attached hydrogen (secondary N) is 1. The number of hydrogen-bond acceptors (Lipinski definition) is 7. The van der Waals surface area contributed by atoms with Gasteiger partial charge in [0, 0.05) is 28.7 Å². The Morgan fingerprint density at radius 3 is 3.08 bits per heavy atom. The summed E-state index contributed by atoms with van der Waals surface area (Å²) in [7, 11) is 0. The minimum absolute atomic E-state index is 0.137. The van der Waals surface area contributed by atoms with Crippen molar-refractivity contribution in [2.24, 2.45) is 0 Å². The monoisotopic (exact) mass is 384 g/mol. The zero-order valence-electron chi connectivity index (χ0n) is 13.3. The Morgan fingerprint density at radius 1 is 1.23 bits per heavy atom. The van der Waals surface area contributed by atoms with Crippen LogP contribution in [-0.2, 0) is 11.2 Å². The number of hydrogen-bond donors (Lipinski definition) is 1. The highest BCUT2D eigenvalue weighted by Gasteiger charge is 2.16. The average molecular weight is 384 g/mol. The van der Waals surface area contributed by atoms with Crippen molar-refractivity contribution in [3.8, 4) is 22.8 Å². The topological polar surface area (TPSA) is 77.8 Å². The van der Waals surface area contributed by atoms with E-state index in [0.29, 0.717) is 10.9 Å². The van der Waals surface area contributed by atoms with Crippen LogP contribution in [0.3, 0.4) is 0 Å². The van der Waals surface area contributed by atoms with Crippen LogP contribution in [0.1, 0.15) is 5.69 Å². The summed E-state index contributed by atoms with van der Waals surface area (Å²) in [6.45, 7) is 0.239. The van der Waals surface area contributed by atoms with Crippen molar-refractivity contribution in [3.63, 3.8) is 0 Å². The van der Waals surface area contributed by atoms with Crippen LogP contribution in [0.25, 0.3) is 16.2 Å². The first-order chi connectivity index (χ1) is 12.7. The highest BCUT2D eigenvalue weighted by Crippen LogP contribution is 2.36. The minimum atomic E-state index is -0.137. The Kier molecular flexibility index (Phi) is 3.61. The van der Waals surface area contributed by atoms with E-state index in [9.17, 15) is 4.79 Å². The average Bonchev–Trinajstić information content (AvgIpc) is 3.37. The van der Waals surface area contributed by atoms with Crippen molar-refractivity contribution in [1.82, 2.24) is 14.4 Å². The number of rotatable bonds is 4. The van der Waals surface area contributed by atoms with E-state index in [0.717, 1.165) is 27.7 Å². The van der Waals surface area contributed by atoms with E-state index in [2.05, 4.69) is 15.3 Å². The molecule has 5 rings (SSSR count). The molecule has 0 unspecified atom stereocenters. The van der Waals surface area contributed by atoms with Crippen LogP contribution in [0, 0.1) is 0 Å².